The third-order valence-corrected chi connectivity index (χ3v) is 7.99. The summed E-state index contributed by atoms with van der Waals surface area (Å²) in [7, 11) is 0. The molecule has 0 aliphatic carbocycles. The third-order valence-electron chi connectivity index (χ3n) is 7.77. The normalized spacial score (nSPS) is 19.0. The van der Waals surface area contributed by atoms with Crippen molar-refractivity contribution < 1.29 is 53.8 Å². The molecule has 3 aromatic rings. The number of halogens is 1. The van der Waals surface area contributed by atoms with Gasteiger partial charge in [-0.3, -0.25) is 14.4 Å². The molecule has 0 saturated carbocycles. The number of oxime groups is 3. The largest absolute Gasteiger partial charge is 0.478 e. The lowest BCUT2D eigenvalue weighted by Gasteiger charge is -2.20. The monoisotopic (exact) mass is 719 g/mol. The topological polar surface area (TPSA) is 211 Å². The van der Waals surface area contributed by atoms with Gasteiger partial charge in [0.05, 0.1) is 11.1 Å². The number of aliphatic hydroxyl groups is 1. The molecular formula is C36H34ClN3O11. The summed E-state index contributed by atoms with van der Waals surface area (Å²) in [6.45, 7) is 10.1. The van der Waals surface area contributed by atoms with Crippen molar-refractivity contribution >= 4 is 57.5 Å². The summed E-state index contributed by atoms with van der Waals surface area (Å²) < 4.78 is 0. The number of carboxylic acid groups (broad SMARTS) is 2. The second-order valence-electron chi connectivity index (χ2n) is 12.9. The van der Waals surface area contributed by atoms with Crippen LogP contribution in [0.5, 0.6) is 0 Å². The quantitative estimate of drug-likeness (QED) is 0.292. The molecule has 1 atom stereocenters. The van der Waals surface area contributed by atoms with Crippen LogP contribution in [0.2, 0.25) is 0 Å². The lowest BCUT2D eigenvalue weighted by atomic mass is 9.94. The van der Waals surface area contributed by atoms with E-state index in [9.17, 15) is 29.1 Å². The number of hydrogen-bond acceptors (Lipinski definition) is 12. The molecule has 3 aliphatic rings. The first-order valence-electron chi connectivity index (χ1n) is 15.3. The van der Waals surface area contributed by atoms with E-state index in [1.165, 1.54) is 24.3 Å². The van der Waals surface area contributed by atoms with Gasteiger partial charge < -0.3 is 29.8 Å². The van der Waals surface area contributed by atoms with Crippen molar-refractivity contribution in [2.75, 3.05) is 0 Å². The van der Waals surface area contributed by atoms with Crippen molar-refractivity contribution in [1.29, 1.82) is 0 Å². The fraction of sp³-hybridized carbons (Fsp3) is 0.278. The number of carbonyl (C=O) groups is 5. The highest BCUT2D eigenvalue weighted by molar-refractivity contribution is 6.67. The van der Waals surface area contributed by atoms with Crippen LogP contribution in [-0.4, -0.2) is 84.1 Å². The van der Waals surface area contributed by atoms with Crippen LogP contribution in [0.1, 0.15) is 89.3 Å². The van der Waals surface area contributed by atoms with E-state index >= 15 is 0 Å². The minimum atomic E-state index is -1.01. The molecule has 0 fully saturated rings. The molecule has 3 aliphatic heterocycles. The first kappa shape index (κ1) is 38.1. The minimum Gasteiger partial charge on any atom is -0.478 e. The molecule has 6 rings (SSSR count). The molecule has 0 amide bonds. The van der Waals surface area contributed by atoms with Gasteiger partial charge in [-0.25, -0.2) is 9.59 Å². The number of ketones is 2. The van der Waals surface area contributed by atoms with Gasteiger partial charge in [0.2, 0.25) is 11.6 Å². The minimum absolute atomic E-state index is 0.167. The average molecular weight is 720 g/mol. The molecule has 3 heterocycles. The number of hydrogen-bond donors (Lipinski definition) is 3. The van der Waals surface area contributed by atoms with Gasteiger partial charge in [0.25, 0.3) is 5.24 Å². The van der Waals surface area contributed by atoms with Crippen molar-refractivity contribution in [3.05, 3.63) is 106 Å². The van der Waals surface area contributed by atoms with E-state index in [2.05, 4.69) is 15.5 Å². The van der Waals surface area contributed by atoms with Crippen molar-refractivity contribution in [3.8, 4) is 0 Å². The predicted octanol–water partition coefficient (Wildman–Crippen LogP) is 4.87. The summed E-state index contributed by atoms with van der Waals surface area (Å²) in [5, 5.41) is 38.3. The van der Waals surface area contributed by atoms with Gasteiger partial charge in [-0.05, 0) is 89.5 Å². The maximum atomic E-state index is 11.9. The lowest BCUT2D eigenvalue weighted by molar-refractivity contribution is -0.128. The van der Waals surface area contributed by atoms with Gasteiger partial charge in [-0.2, -0.15) is 0 Å². The predicted molar refractivity (Wildman–Crippen MR) is 185 cm³/mol. The molecule has 14 nitrogen and oxygen atoms in total. The number of carbonyl (C=O) groups excluding carboxylic acids is 3. The highest BCUT2D eigenvalue weighted by Gasteiger charge is 2.42. The Morgan fingerprint density at radius 3 is 1.22 bits per heavy atom. The number of benzene rings is 3. The average Bonchev–Trinajstić information content (AvgIpc) is 3.64. The van der Waals surface area contributed by atoms with Crippen LogP contribution in [0.15, 0.2) is 88.3 Å². The van der Waals surface area contributed by atoms with Gasteiger partial charge in [0.1, 0.15) is 11.8 Å². The smallest absolute Gasteiger partial charge is 0.335 e. The first-order chi connectivity index (χ1) is 23.7. The molecule has 0 spiro atoms. The van der Waals surface area contributed by atoms with Crippen molar-refractivity contribution in [3.63, 3.8) is 0 Å². The van der Waals surface area contributed by atoms with Gasteiger partial charge in [-0.1, -0.05) is 51.9 Å². The van der Waals surface area contributed by atoms with E-state index in [1.54, 1.807) is 90.1 Å². The number of aliphatic hydroxyl groups excluding tert-OH is 1. The molecule has 0 aromatic heterocycles. The Morgan fingerprint density at radius 1 is 0.588 bits per heavy atom. The standard InChI is InChI=1S/C12H10ClNO3.C12H13NO4.C12H11NO4/c1-12(2)10(15)9(14-17-12)7-3-5-8(6-4-7)11(13)16;2*1-12(2)10(14)9(13-17-12)7-3-5-8(6-4-7)11(15)16/h3-6H,1-2H3;3-6,10,14H,1-2H3,(H,15,16);3-6H,1-2H3,(H,15,16). The third kappa shape index (κ3) is 8.53. The fourth-order valence-electron chi connectivity index (χ4n) is 4.54. The summed E-state index contributed by atoms with van der Waals surface area (Å²) in [4.78, 5) is 71.2. The van der Waals surface area contributed by atoms with Crippen molar-refractivity contribution in [2.45, 2.75) is 64.4 Å². The van der Waals surface area contributed by atoms with Gasteiger partial charge >= 0.3 is 11.9 Å². The first-order valence-corrected chi connectivity index (χ1v) is 15.7. The molecule has 3 aromatic carbocycles. The van der Waals surface area contributed by atoms with Gasteiger partial charge in [-0.15, -0.1) is 0 Å². The van der Waals surface area contributed by atoms with Crippen LogP contribution in [0, 0.1) is 0 Å². The van der Waals surface area contributed by atoms with E-state index in [0.29, 0.717) is 28.0 Å². The summed E-state index contributed by atoms with van der Waals surface area (Å²) in [6, 6.07) is 18.4. The Hall–Kier alpha value is -5.73. The lowest BCUT2D eigenvalue weighted by Crippen LogP contribution is -2.38. The zero-order valence-electron chi connectivity index (χ0n) is 28.3. The summed E-state index contributed by atoms with van der Waals surface area (Å²) >= 11 is 5.33. The molecular weight excluding hydrogens is 686 g/mol. The van der Waals surface area contributed by atoms with Crippen LogP contribution in [0.3, 0.4) is 0 Å². The maximum absolute atomic E-state index is 11.9. The van der Waals surface area contributed by atoms with Gasteiger partial charge in [0.15, 0.2) is 28.2 Å². The highest BCUT2D eigenvalue weighted by atomic mass is 35.5. The molecule has 1 unspecified atom stereocenters. The highest BCUT2D eigenvalue weighted by Crippen LogP contribution is 2.27. The number of aromatic carboxylic acids is 2. The zero-order chi connectivity index (χ0) is 37.9. The second-order valence-corrected chi connectivity index (χ2v) is 13.3. The van der Waals surface area contributed by atoms with E-state index in [1.807, 2.05) is 0 Å². The molecule has 3 N–H and O–H groups in total. The van der Waals surface area contributed by atoms with Crippen molar-refractivity contribution in [1.82, 2.24) is 0 Å². The molecule has 51 heavy (non-hydrogen) atoms. The maximum Gasteiger partial charge on any atom is 0.335 e. The SMILES string of the molecule is CC1(C)ON=C(c2ccc(C(=O)Cl)cc2)C1=O.CC1(C)ON=C(c2ccc(C(=O)O)cc2)C1=O.CC1(C)ON=C(c2ccc(C(=O)O)cc2)C1O. The Morgan fingerprint density at radius 2 is 0.941 bits per heavy atom. The molecule has 0 bridgehead atoms. The van der Waals surface area contributed by atoms with E-state index in [4.69, 9.17) is 36.3 Å². The number of Topliss-reactive ketones (excluding diaryl/α,β-unsaturated/α-hetero) is 2. The number of nitrogens with zero attached hydrogens (tertiary/aromatic N) is 3. The Balaban J connectivity index is 0.000000172. The molecule has 0 saturated heterocycles. The molecule has 266 valence electrons. The number of carboxylic acids is 2. The van der Waals surface area contributed by atoms with E-state index in [0.717, 1.165) is 0 Å². The second kappa shape index (κ2) is 14.6. The van der Waals surface area contributed by atoms with Crippen LogP contribution < -0.4 is 0 Å². The number of rotatable bonds is 6. The summed E-state index contributed by atoms with van der Waals surface area (Å²) in [6.07, 6.45) is -0.821. The van der Waals surface area contributed by atoms with Crippen molar-refractivity contribution in [2.24, 2.45) is 15.5 Å². The van der Waals surface area contributed by atoms with Crippen LogP contribution in [0.25, 0.3) is 0 Å². The Kier molecular flexibility index (Phi) is 10.9. The molecule has 15 heteroatoms. The van der Waals surface area contributed by atoms with Crippen LogP contribution >= 0.6 is 11.6 Å². The molecule has 0 radical (unpaired) electrons. The summed E-state index contributed by atoms with van der Waals surface area (Å²) in [5.41, 5.74) is 0.879. The van der Waals surface area contributed by atoms with Crippen LogP contribution in [0.4, 0.5) is 0 Å². The van der Waals surface area contributed by atoms with E-state index < -0.39 is 40.1 Å². The van der Waals surface area contributed by atoms with Gasteiger partial charge in [0, 0.05) is 22.3 Å². The Bertz CT molecular complexity index is 1860. The Labute approximate surface area is 296 Å². The van der Waals surface area contributed by atoms with Crippen LogP contribution in [-0.2, 0) is 24.1 Å². The summed E-state index contributed by atoms with van der Waals surface area (Å²) in [5.74, 6) is -2.38. The fourth-order valence-corrected chi connectivity index (χ4v) is 4.67. The van der Waals surface area contributed by atoms with E-state index in [-0.39, 0.29) is 34.1 Å². The zero-order valence-corrected chi connectivity index (χ0v) is 29.1.